The van der Waals surface area contributed by atoms with Gasteiger partial charge in [0.2, 0.25) is 15.9 Å². The van der Waals surface area contributed by atoms with Crippen molar-refractivity contribution >= 4 is 15.9 Å². The molecule has 0 atom stereocenters. The number of carbonyl (C=O) groups is 1. The van der Waals surface area contributed by atoms with Gasteiger partial charge in [0.15, 0.2) is 0 Å². The number of ether oxygens (including phenoxy) is 1. The summed E-state index contributed by atoms with van der Waals surface area (Å²) in [6.07, 6.45) is 1.93. The molecule has 0 radical (unpaired) electrons. The first-order valence-electron chi connectivity index (χ1n) is 10.1. The monoisotopic (exact) mass is 435 g/mol. The van der Waals surface area contributed by atoms with Crippen molar-refractivity contribution in [3.05, 3.63) is 48.3 Å². The first kappa shape index (κ1) is 24.0. The quantitative estimate of drug-likeness (QED) is 0.575. The molecule has 0 aliphatic rings. The number of hydrogen-bond acceptors (Lipinski definition) is 4. The van der Waals surface area contributed by atoms with Crippen LogP contribution in [0.2, 0.25) is 0 Å². The average Bonchev–Trinajstić information content (AvgIpc) is 3.09. The number of benzene rings is 1. The SMILES string of the molecule is COc1ccc(S(=O)(=O)N(CC(=O)N(Cc2cccn2C)CC(C)C)C(C)C)cc1. The Morgan fingerprint density at radius 2 is 1.73 bits per heavy atom. The molecule has 30 heavy (non-hydrogen) atoms. The maximum Gasteiger partial charge on any atom is 0.243 e. The van der Waals surface area contributed by atoms with Gasteiger partial charge in [-0.2, -0.15) is 4.31 Å². The standard InChI is InChI=1S/C22H33N3O4S/c1-17(2)14-24(15-19-8-7-13-23(19)5)22(26)16-25(18(3)4)30(27,28)21-11-9-20(29-6)10-12-21/h7-13,17-18H,14-16H2,1-6H3. The number of aromatic nitrogens is 1. The molecule has 1 amide bonds. The van der Waals surface area contributed by atoms with E-state index in [0.29, 0.717) is 18.8 Å². The van der Waals surface area contributed by atoms with Gasteiger partial charge in [0.05, 0.1) is 25.1 Å². The largest absolute Gasteiger partial charge is 0.497 e. The van der Waals surface area contributed by atoms with E-state index in [1.54, 1.807) is 30.9 Å². The normalized spacial score (nSPS) is 12.0. The molecule has 0 aliphatic heterocycles. The third kappa shape index (κ3) is 5.86. The second-order valence-electron chi connectivity index (χ2n) is 8.10. The van der Waals surface area contributed by atoms with Crippen LogP contribution in [0.25, 0.3) is 0 Å². The Balaban J connectivity index is 2.27. The van der Waals surface area contributed by atoms with Crippen LogP contribution in [0.15, 0.2) is 47.5 Å². The van der Waals surface area contributed by atoms with Crippen LogP contribution in [-0.2, 0) is 28.4 Å². The molecule has 0 unspecified atom stereocenters. The Morgan fingerprint density at radius 1 is 1.10 bits per heavy atom. The zero-order chi connectivity index (χ0) is 22.5. The lowest BCUT2D eigenvalue weighted by Gasteiger charge is -2.30. The highest BCUT2D eigenvalue weighted by molar-refractivity contribution is 7.89. The fourth-order valence-corrected chi connectivity index (χ4v) is 4.80. The molecule has 7 nitrogen and oxygen atoms in total. The van der Waals surface area contributed by atoms with Crippen LogP contribution in [0.4, 0.5) is 0 Å². The van der Waals surface area contributed by atoms with Crippen molar-refractivity contribution in [1.82, 2.24) is 13.8 Å². The number of methoxy groups -OCH3 is 1. The Hall–Kier alpha value is -2.32. The zero-order valence-electron chi connectivity index (χ0n) is 18.7. The molecule has 0 bridgehead atoms. The fourth-order valence-electron chi connectivity index (χ4n) is 3.21. The summed E-state index contributed by atoms with van der Waals surface area (Å²) in [4.78, 5) is 15.1. The van der Waals surface area contributed by atoms with Gasteiger partial charge in [-0.25, -0.2) is 8.42 Å². The zero-order valence-corrected chi connectivity index (χ0v) is 19.5. The van der Waals surface area contributed by atoms with E-state index in [2.05, 4.69) is 0 Å². The van der Waals surface area contributed by atoms with Gasteiger partial charge < -0.3 is 14.2 Å². The summed E-state index contributed by atoms with van der Waals surface area (Å²) in [5, 5.41) is 0. The fraction of sp³-hybridized carbons (Fsp3) is 0.500. The van der Waals surface area contributed by atoms with Crippen LogP contribution >= 0.6 is 0 Å². The maximum atomic E-state index is 13.2. The molecule has 2 aromatic rings. The van der Waals surface area contributed by atoms with Crippen molar-refractivity contribution in [3.8, 4) is 5.75 Å². The number of aryl methyl sites for hydroxylation is 1. The third-order valence-electron chi connectivity index (χ3n) is 4.88. The lowest BCUT2D eigenvalue weighted by molar-refractivity contribution is -0.132. The minimum absolute atomic E-state index is 0.141. The number of sulfonamides is 1. The van der Waals surface area contributed by atoms with Gasteiger partial charge >= 0.3 is 0 Å². The number of amides is 1. The summed E-state index contributed by atoms with van der Waals surface area (Å²) in [5.41, 5.74) is 0.998. The molecule has 8 heteroatoms. The smallest absolute Gasteiger partial charge is 0.243 e. The van der Waals surface area contributed by atoms with Crippen LogP contribution in [0.5, 0.6) is 5.75 Å². The minimum atomic E-state index is -3.83. The van der Waals surface area contributed by atoms with E-state index in [-0.39, 0.29) is 29.3 Å². The Kier molecular flexibility index (Phi) is 8.09. The molecular formula is C22H33N3O4S. The highest BCUT2D eigenvalue weighted by atomic mass is 32.2. The topological polar surface area (TPSA) is 71.8 Å². The van der Waals surface area contributed by atoms with Crippen molar-refractivity contribution < 1.29 is 17.9 Å². The van der Waals surface area contributed by atoms with Gasteiger partial charge in [-0.1, -0.05) is 13.8 Å². The van der Waals surface area contributed by atoms with Crippen LogP contribution in [-0.4, -0.2) is 54.3 Å². The van der Waals surface area contributed by atoms with Gasteiger partial charge in [-0.3, -0.25) is 4.79 Å². The summed E-state index contributed by atoms with van der Waals surface area (Å²) in [5.74, 6) is 0.627. The van der Waals surface area contributed by atoms with Crippen molar-refractivity contribution in [1.29, 1.82) is 0 Å². The van der Waals surface area contributed by atoms with Gasteiger partial charge in [-0.05, 0) is 56.2 Å². The van der Waals surface area contributed by atoms with E-state index in [9.17, 15) is 13.2 Å². The highest BCUT2D eigenvalue weighted by Gasteiger charge is 2.31. The van der Waals surface area contributed by atoms with Crippen molar-refractivity contribution in [3.63, 3.8) is 0 Å². The summed E-state index contributed by atoms with van der Waals surface area (Å²) in [6, 6.07) is 9.75. The Labute approximate surface area is 180 Å². The van der Waals surface area contributed by atoms with Gasteiger partial charge in [0, 0.05) is 31.5 Å². The van der Waals surface area contributed by atoms with E-state index in [1.165, 1.54) is 23.5 Å². The van der Waals surface area contributed by atoms with E-state index in [0.717, 1.165) is 5.69 Å². The van der Waals surface area contributed by atoms with E-state index in [4.69, 9.17) is 4.74 Å². The number of rotatable bonds is 10. The predicted molar refractivity (Wildman–Crippen MR) is 118 cm³/mol. The van der Waals surface area contributed by atoms with E-state index >= 15 is 0 Å². The number of nitrogens with zero attached hydrogens (tertiary/aromatic N) is 3. The Bertz CT molecular complexity index is 934. The second-order valence-corrected chi connectivity index (χ2v) is 9.99. The molecule has 2 rings (SSSR count). The summed E-state index contributed by atoms with van der Waals surface area (Å²) in [6.45, 7) is 8.42. The first-order chi connectivity index (χ1) is 14.1. The second kappa shape index (κ2) is 10.1. The van der Waals surface area contributed by atoms with E-state index < -0.39 is 10.0 Å². The lowest BCUT2D eigenvalue weighted by Crippen LogP contribution is -2.46. The molecule has 0 fully saturated rings. The summed E-state index contributed by atoms with van der Waals surface area (Å²) in [7, 11) is -0.369. The van der Waals surface area contributed by atoms with Crippen molar-refractivity contribution in [2.45, 2.75) is 45.2 Å². The molecule has 1 aromatic heterocycles. The Morgan fingerprint density at radius 3 is 2.20 bits per heavy atom. The van der Waals surface area contributed by atoms with Gasteiger partial charge in [0.1, 0.15) is 5.75 Å². The van der Waals surface area contributed by atoms with Gasteiger partial charge in [0.25, 0.3) is 0 Å². The van der Waals surface area contributed by atoms with Gasteiger partial charge in [-0.15, -0.1) is 0 Å². The summed E-state index contributed by atoms with van der Waals surface area (Å²) < 4.78 is 34.8. The molecule has 1 aromatic carbocycles. The molecule has 0 aliphatic carbocycles. The number of carbonyl (C=O) groups excluding carboxylic acids is 1. The third-order valence-corrected chi connectivity index (χ3v) is 6.91. The molecule has 166 valence electrons. The van der Waals surface area contributed by atoms with Crippen LogP contribution in [0, 0.1) is 5.92 Å². The lowest BCUT2D eigenvalue weighted by atomic mass is 10.2. The first-order valence-corrected chi connectivity index (χ1v) is 11.5. The van der Waals surface area contributed by atoms with Crippen molar-refractivity contribution in [2.75, 3.05) is 20.2 Å². The number of hydrogen-bond donors (Lipinski definition) is 0. The summed E-state index contributed by atoms with van der Waals surface area (Å²) >= 11 is 0. The predicted octanol–water partition coefficient (Wildman–Crippen LogP) is 3.12. The highest BCUT2D eigenvalue weighted by Crippen LogP contribution is 2.22. The van der Waals surface area contributed by atoms with Crippen molar-refractivity contribution in [2.24, 2.45) is 13.0 Å². The van der Waals surface area contributed by atoms with Crippen LogP contribution < -0.4 is 4.74 Å². The van der Waals surface area contributed by atoms with Crippen LogP contribution in [0.1, 0.15) is 33.4 Å². The average molecular weight is 436 g/mol. The maximum absolute atomic E-state index is 13.2. The molecule has 0 N–H and O–H groups in total. The molecular weight excluding hydrogens is 402 g/mol. The molecule has 1 heterocycles. The van der Waals surface area contributed by atoms with E-state index in [1.807, 2.05) is 43.8 Å². The molecule has 0 saturated heterocycles. The minimum Gasteiger partial charge on any atom is -0.497 e. The van der Waals surface area contributed by atoms with Crippen LogP contribution in [0.3, 0.4) is 0 Å². The molecule has 0 spiro atoms. The molecule has 0 saturated carbocycles.